The lowest BCUT2D eigenvalue weighted by Gasteiger charge is -2.34. The number of hydrogen-bond acceptors (Lipinski definition) is 3. The molecule has 3 nitrogen and oxygen atoms in total. The first-order chi connectivity index (χ1) is 10.3. The predicted molar refractivity (Wildman–Crippen MR) is 85.9 cm³/mol. The van der Waals surface area contributed by atoms with E-state index in [-0.39, 0.29) is 12.0 Å². The molecule has 3 unspecified atom stereocenters. The van der Waals surface area contributed by atoms with Gasteiger partial charge in [0.05, 0.1) is 22.9 Å². The number of nitrogens with zero attached hydrogens (tertiary/aromatic N) is 3. The molecule has 0 amide bonds. The Bertz CT molecular complexity index is 608. The smallest absolute Gasteiger partial charge is 0.150 e. The van der Waals surface area contributed by atoms with Crippen LogP contribution in [-0.2, 0) is 0 Å². The Labute approximate surface area is 130 Å². The summed E-state index contributed by atoms with van der Waals surface area (Å²) < 4.78 is 2.25. The summed E-state index contributed by atoms with van der Waals surface area (Å²) in [6.45, 7) is 2.25. The second-order valence-electron chi connectivity index (χ2n) is 5.91. The van der Waals surface area contributed by atoms with E-state index in [4.69, 9.17) is 0 Å². The van der Waals surface area contributed by atoms with Gasteiger partial charge in [0, 0.05) is 12.4 Å². The molecular formula is C17H21N3S. The normalized spacial score (nSPS) is 25.6. The van der Waals surface area contributed by atoms with Crippen LogP contribution in [0.5, 0.6) is 0 Å². The zero-order valence-electron chi connectivity index (χ0n) is 12.4. The van der Waals surface area contributed by atoms with E-state index >= 15 is 0 Å². The molecule has 2 aromatic rings. The van der Waals surface area contributed by atoms with Gasteiger partial charge >= 0.3 is 0 Å². The molecule has 21 heavy (non-hydrogen) atoms. The number of rotatable bonds is 4. The fraction of sp³-hybridized carbons (Fsp3) is 0.529. The molecule has 0 saturated heterocycles. The van der Waals surface area contributed by atoms with Crippen molar-refractivity contribution in [1.29, 1.82) is 5.26 Å². The molecule has 2 heterocycles. The molecule has 0 spiro atoms. The molecule has 1 aliphatic rings. The Kier molecular flexibility index (Phi) is 4.40. The highest BCUT2D eigenvalue weighted by Gasteiger charge is 2.32. The maximum atomic E-state index is 9.52. The zero-order chi connectivity index (χ0) is 14.7. The van der Waals surface area contributed by atoms with Crippen molar-refractivity contribution in [2.75, 3.05) is 0 Å². The fourth-order valence-electron chi connectivity index (χ4n) is 3.54. The van der Waals surface area contributed by atoms with Crippen molar-refractivity contribution >= 4 is 11.3 Å². The number of thiophene rings is 1. The zero-order valence-corrected chi connectivity index (χ0v) is 13.2. The SMILES string of the molecule is CCCC1CCC(C#N)C(n2ccnc2-c2cccs2)C1. The van der Waals surface area contributed by atoms with Crippen molar-refractivity contribution in [2.24, 2.45) is 11.8 Å². The molecule has 0 aliphatic heterocycles. The fourth-order valence-corrected chi connectivity index (χ4v) is 4.26. The summed E-state index contributed by atoms with van der Waals surface area (Å²) in [6, 6.07) is 6.98. The number of imidazole rings is 1. The summed E-state index contributed by atoms with van der Waals surface area (Å²) in [7, 11) is 0. The van der Waals surface area contributed by atoms with Crippen LogP contribution >= 0.6 is 11.3 Å². The minimum atomic E-state index is 0.117. The number of nitriles is 1. The molecule has 0 radical (unpaired) electrons. The first kappa shape index (κ1) is 14.3. The van der Waals surface area contributed by atoms with E-state index in [1.807, 2.05) is 6.20 Å². The third kappa shape index (κ3) is 2.89. The average Bonchev–Trinajstić information content (AvgIpc) is 3.18. The largest absolute Gasteiger partial charge is 0.326 e. The Hall–Kier alpha value is -1.60. The monoisotopic (exact) mass is 299 g/mol. The first-order valence-corrected chi connectivity index (χ1v) is 8.67. The molecule has 1 saturated carbocycles. The minimum Gasteiger partial charge on any atom is -0.326 e. The summed E-state index contributed by atoms with van der Waals surface area (Å²) in [6.07, 6.45) is 9.76. The van der Waals surface area contributed by atoms with Crippen LogP contribution in [0.4, 0.5) is 0 Å². The number of aromatic nitrogens is 2. The predicted octanol–water partition coefficient (Wildman–Crippen LogP) is 4.89. The van der Waals surface area contributed by atoms with Crippen LogP contribution < -0.4 is 0 Å². The Balaban J connectivity index is 1.90. The third-order valence-corrected chi connectivity index (χ3v) is 5.42. The van der Waals surface area contributed by atoms with Crippen LogP contribution in [0.2, 0.25) is 0 Å². The summed E-state index contributed by atoms with van der Waals surface area (Å²) in [5.41, 5.74) is 0. The van der Waals surface area contributed by atoms with Gasteiger partial charge in [0.15, 0.2) is 0 Å². The van der Waals surface area contributed by atoms with E-state index in [0.717, 1.165) is 24.6 Å². The van der Waals surface area contributed by atoms with Crippen LogP contribution in [0, 0.1) is 23.2 Å². The van der Waals surface area contributed by atoms with Crippen molar-refractivity contribution in [2.45, 2.75) is 45.1 Å². The molecule has 0 aromatic carbocycles. The van der Waals surface area contributed by atoms with Crippen LogP contribution in [0.15, 0.2) is 29.9 Å². The van der Waals surface area contributed by atoms with Gasteiger partial charge < -0.3 is 4.57 Å². The van der Waals surface area contributed by atoms with Crippen LogP contribution in [0.3, 0.4) is 0 Å². The second kappa shape index (κ2) is 6.44. The topological polar surface area (TPSA) is 41.6 Å². The summed E-state index contributed by atoms with van der Waals surface area (Å²) in [4.78, 5) is 5.73. The summed E-state index contributed by atoms with van der Waals surface area (Å²) in [5.74, 6) is 1.89. The van der Waals surface area contributed by atoms with Crippen LogP contribution in [0.25, 0.3) is 10.7 Å². The van der Waals surface area contributed by atoms with E-state index < -0.39 is 0 Å². The Morgan fingerprint density at radius 3 is 3.10 bits per heavy atom. The van der Waals surface area contributed by atoms with Gasteiger partial charge in [-0.15, -0.1) is 11.3 Å². The molecular weight excluding hydrogens is 278 g/mol. The molecule has 2 aromatic heterocycles. The second-order valence-corrected chi connectivity index (χ2v) is 6.85. The first-order valence-electron chi connectivity index (χ1n) is 7.79. The van der Waals surface area contributed by atoms with Crippen molar-refractivity contribution < 1.29 is 0 Å². The summed E-state index contributed by atoms with van der Waals surface area (Å²) in [5, 5.41) is 11.6. The third-order valence-electron chi connectivity index (χ3n) is 4.56. The lowest BCUT2D eigenvalue weighted by Crippen LogP contribution is -2.27. The summed E-state index contributed by atoms with van der Waals surface area (Å²) >= 11 is 1.71. The highest BCUT2D eigenvalue weighted by Crippen LogP contribution is 2.41. The Morgan fingerprint density at radius 2 is 2.38 bits per heavy atom. The van der Waals surface area contributed by atoms with Crippen molar-refractivity contribution in [3.05, 3.63) is 29.9 Å². The Morgan fingerprint density at radius 1 is 1.48 bits per heavy atom. The van der Waals surface area contributed by atoms with Gasteiger partial charge in [0.2, 0.25) is 0 Å². The highest BCUT2D eigenvalue weighted by atomic mass is 32.1. The average molecular weight is 299 g/mol. The molecule has 1 aliphatic carbocycles. The number of hydrogen-bond donors (Lipinski definition) is 0. The lowest BCUT2D eigenvalue weighted by atomic mass is 9.77. The molecule has 1 fully saturated rings. The van der Waals surface area contributed by atoms with Gasteiger partial charge in [-0.1, -0.05) is 25.8 Å². The molecule has 3 rings (SSSR count). The van der Waals surface area contributed by atoms with Crippen LogP contribution in [-0.4, -0.2) is 9.55 Å². The standard InChI is InChI=1S/C17H21N3S/c1-2-4-13-6-7-14(12-18)15(11-13)20-9-8-19-17(20)16-5-3-10-21-16/h3,5,8-10,13-15H,2,4,6-7,11H2,1H3. The lowest BCUT2D eigenvalue weighted by molar-refractivity contribution is 0.212. The van der Waals surface area contributed by atoms with Gasteiger partial charge in [-0.2, -0.15) is 5.26 Å². The van der Waals surface area contributed by atoms with Crippen LogP contribution in [0.1, 0.15) is 45.1 Å². The van der Waals surface area contributed by atoms with Gasteiger partial charge in [0.25, 0.3) is 0 Å². The molecule has 0 bridgehead atoms. The quantitative estimate of drug-likeness (QED) is 0.806. The molecule has 4 heteroatoms. The van der Waals surface area contributed by atoms with Crippen molar-refractivity contribution in [3.63, 3.8) is 0 Å². The van der Waals surface area contributed by atoms with Crippen molar-refractivity contribution in [3.8, 4) is 16.8 Å². The van der Waals surface area contributed by atoms with E-state index in [0.29, 0.717) is 0 Å². The maximum Gasteiger partial charge on any atom is 0.150 e. The van der Waals surface area contributed by atoms with Gasteiger partial charge in [-0.25, -0.2) is 4.98 Å². The van der Waals surface area contributed by atoms with E-state index in [1.165, 1.54) is 24.1 Å². The van der Waals surface area contributed by atoms with E-state index in [2.05, 4.69) is 46.3 Å². The highest BCUT2D eigenvalue weighted by molar-refractivity contribution is 7.13. The minimum absolute atomic E-state index is 0.117. The molecule has 0 N–H and O–H groups in total. The van der Waals surface area contributed by atoms with Gasteiger partial charge in [0.1, 0.15) is 5.82 Å². The van der Waals surface area contributed by atoms with E-state index in [1.54, 1.807) is 11.3 Å². The molecule has 3 atom stereocenters. The van der Waals surface area contributed by atoms with Crippen molar-refractivity contribution in [1.82, 2.24) is 9.55 Å². The van der Waals surface area contributed by atoms with Gasteiger partial charge in [-0.3, -0.25) is 0 Å². The van der Waals surface area contributed by atoms with E-state index in [9.17, 15) is 5.26 Å². The molecule has 110 valence electrons. The van der Waals surface area contributed by atoms with Gasteiger partial charge in [-0.05, 0) is 36.6 Å². The maximum absolute atomic E-state index is 9.52.